The monoisotopic (exact) mass is 539 g/mol. The molecular formula is C22H10Cl2F3N3O4S. The predicted molar refractivity (Wildman–Crippen MR) is 121 cm³/mol. The minimum absolute atomic E-state index is 0.0487. The quantitative estimate of drug-likeness (QED) is 0.441. The van der Waals surface area contributed by atoms with Crippen molar-refractivity contribution in [3.8, 4) is 6.07 Å². The maximum atomic E-state index is 13.2. The van der Waals surface area contributed by atoms with Crippen LogP contribution in [0.4, 0.5) is 24.5 Å². The molecule has 7 nitrogen and oxygen atoms in total. The summed E-state index contributed by atoms with van der Waals surface area (Å²) in [5.41, 5.74) is -2.21. The van der Waals surface area contributed by atoms with E-state index in [-0.39, 0.29) is 27.5 Å². The molecule has 4 rings (SSSR count). The van der Waals surface area contributed by atoms with E-state index >= 15 is 0 Å². The fourth-order valence-electron chi connectivity index (χ4n) is 3.45. The molecule has 35 heavy (non-hydrogen) atoms. The summed E-state index contributed by atoms with van der Waals surface area (Å²) in [5, 5.41) is 8.26. The molecule has 0 atom stereocenters. The Morgan fingerprint density at radius 3 is 2.23 bits per heavy atom. The number of nitriles is 1. The topological polar surface area (TPSA) is 107 Å². The van der Waals surface area contributed by atoms with Crippen molar-refractivity contribution in [3.63, 3.8) is 0 Å². The molecule has 0 spiro atoms. The Bertz CT molecular complexity index is 1570. The third-order valence-electron chi connectivity index (χ3n) is 5.02. The number of imide groups is 1. The van der Waals surface area contributed by atoms with Crippen molar-refractivity contribution >= 4 is 56.4 Å². The van der Waals surface area contributed by atoms with Crippen molar-refractivity contribution in [1.29, 1.82) is 5.26 Å². The Hall–Kier alpha value is -3.59. The number of carbonyl (C=O) groups excluding carboxylic acids is 2. The highest BCUT2D eigenvalue weighted by Gasteiger charge is 2.41. The number of hydrogen-bond donors (Lipinski definition) is 1. The Balaban J connectivity index is 1.79. The second-order valence-corrected chi connectivity index (χ2v) is 9.69. The molecule has 0 unspecified atom stereocenters. The van der Waals surface area contributed by atoms with Gasteiger partial charge in [-0.15, -0.1) is 0 Å². The van der Waals surface area contributed by atoms with E-state index in [4.69, 9.17) is 28.5 Å². The minimum Gasteiger partial charge on any atom is -0.279 e. The standard InChI is InChI=1S/C22H10Cl2F3N3O4S/c23-15-5-4-13(9-14(15)22(25,26)27)35(33,34)29-17-7-6-16(24)18-19(17)21(32)30(20(18)31)12-3-1-2-11(8-12)10-28/h1-9,29H. The zero-order valence-electron chi connectivity index (χ0n) is 17.0. The van der Waals surface area contributed by atoms with Gasteiger partial charge in [0, 0.05) is 0 Å². The number of hydrogen-bond acceptors (Lipinski definition) is 5. The van der Waals surface area contributed by atoms with Gasteiger partial charge in [0.25, 0.3) is 21.8 Å². The van der Waals surface area contributed by atoms with E-state index in [9.17, 15) is 31.2 Å². The molecule has 0 radical (unpaired) electrons. The molecule has 1 N–H and O–H groups in total. The Kier molecular flexibility index (Phi) is 6.00. The molecule has 0 bridgehead atoms. The number of anilines is 2. The molecule has 178 valence electrons. The highest BCUT2D eigenvalue weighted by molar-refractivity contribution is 7.92. The van der Waals surface area contributed by atoms with Crippen molar-refractivity contribution in [2.45, 2.75) is 11.1 Å². The van der Waals surface area contributed by atoms with E-state index in [0.717, 1.165) is 23.1 Å². The minimum atomic E-state index is -4.91. The van der Waals surface area contributed by atoms with Gasteiger partial charge in [0.15, 0.2) is 0 Å². The second kappa shape index (κ2) is 8.57. The van der Waals surface area contributed by atoms with E-state index < -0.39 is 49.1 Å². The van der Waals surface area contributed by atoms with E-state index in [2.05, 4.69) is 4.72 Å². The van der Waals surface area contributed by atoms with Gasteiger partial charge in [-0.25, -0.2) is 13.3 Å². The van der Waals surface area contributed by atoms with E-state index in [0.29, 0.717) is 6.07 Å². The number of carbonyl (C=O) groups is 2. The van der Waals surface area contributed by atoms with E-state index in [1.54, 1.807) is 0 Å². The van der Waals surface area contributed by atoms with Crippen molar-refractivity contribution < 1.29 is 31.2 Å². The lowest BCUT2D eigenvalue weighted by molar-refractivity contribution is -0.137. The summed E-state index contributed by atoms with van der Waals surface area (Å²) in [6, 6.07) is 11.7. The third kappa shape index (κ3) is 4.32. The maximum Gasteiger partial charge on any atom is 0.417 e. The van der Waals surface area contributed by atoms with Gasteiger partial charge in [0.1, 0.15) is 0 Å². The van der Waals surface area contributed by atoms with Crippen LogP contribution in [-0.2, 0) is 16.2 Å². The summed E-state index contributed by atoms with van der Waals surface area (Å²) < 4.78 is 67.5. The molecular weight excluding hydrogens is 530 g/mol. The lowest BCUT2D eigenvalue weighted by atomic mass is 10.1. The number of nitrogens with zero attached hydrogens (tertiary/aromatic N) is 2. The average molecular weight is 540 g/mol. The second-order valence-electron chi connectivity index (χ2n) is 7.20. The summed E-state index contributed by atoms with van der Waals surface area (Å²) in [6.45, 7) is 0. The van der Waals surface area contributed by atoms with Crippen molar-refractivity contribution in [3.05, 3.63) is 86.9 Å². The van der Waals surface area contributed by atoms with Crippen LogP contribution in [0.5, 0.6) is 0 Å². The van der Waals surface area contributed by atoms with Crippen LogP contribution in [0.25, 0.3) is 0 Å². The Morgan fingerprint density at radius 2 is 1.57 bits per heavy atom. The molecule has 0 aromatic heterocycles. The lowest BCUT2D eigenvalue weighted by Gasteiger charge is -2.15. The van der Waals surface area contributed by atoms with Gasteiger partial charge in [0.05, 0.1) is 54.6 Å². The van der Waals surface area contributed by atoms with Gasteiger partial charge in [-0.1, -0.05) is 29.3 Å². The summed E-state index contributed by atoms with van der Waals surface area (Å²) in [6.07, 6.45) is -4.91. The number of nitrogens with one attached hydrogen (secondary N) is 1. The van der Waals surface area contributed by atoms with Crippen molar-refractivity contribution in [2.24, 2.45) is 0 Å². The van der Waals surface area contributed by atoms with Gasteiger partial charge in [-0.2, -0.15) is 18.4 Å². The molecule has 1 aliphatic rings. The summed E-state index contributed by atoms with van der Waals surface area (Å²) >= 11 is 11.7. The molecule has 1 heterocycles. The summed E-state index contributed by atoms with van der Waals surface area (Å²) in [7, 11) is -4.66. The molecule has 0 aliphatic carbocycles. The highest BCUT2D eigenvalue weighted by atomic mass is 35.5. The van der Waals surface area contributed by atoms with Crippen molar-refractivity contribution in [1.82, 2.24) is 0 Å². The SMILES string of the molecule is N#Cc1cccc(N2C(=O)c3c(Cl)ccc(NS(=O)(=O)c4ccc(Cl)c(C(F)(F)F)c4)c3C2=O)c1. The van der Waals surface area contributed by atoms with Crippen LogP contribution in [-0.4, -0.2) is 20.2 Å². The van der Waals surface area contributed by atoms with Crippen LogP contribution < -0.4 is 9.62 Å². The smallest absolute Gasteiger partial charge is 0.279 e. The number of sulfonamides is 1. The molecule has 1 aliphatic heterocycles. The maximum absolute atomic E-state index is 13.2. The van der Waals surface area contributed by atoms with Crippen LogP contribution in [0.2, 0.25) is 10.0 Å². The lowest BCUT2D eigenvalue weighted by Crippen LogP contribution is -2.29. The van der Waals surface area contributed by atoms with Crippen LogP contribution in [0.15, 0.2) is 59.5 Å². The zero-order chi connectivity index (χ0) is 25.7. The first kappa shape index (κ1) is 24.5. The number of alkyl halides is 3. The highest BCUT2D eigenvalue weighted by Crippen LogP contribution is 2.39. The number of halogens is 5. The number of fused-ring (bicyclic) bond motifs is 1. The van der Waals surface area contributed by atoms with Crippen LogP contribution in [0.3, 0.4) is 0 Å². The fraction of sp³-hybridized carbons (Fsp3) is 0.0455. The normalized spacial score (nSPS) is 13.5. The molecule has 2 amide bonds. The average Bonchev–Trinajstić information content (AvgIpc) is 3.06. The number of benzene rings is 3. The predicted octanol–water partition coefficient (Wildman–Crippen LogP) is 5.49. The molecule has 0 saturated carbocycles. The number of amides is 2. The van der Waals surface area contributed by atoms with Crippen molar-refractivity contribution in [2.75, 3.05) is 9.62 Å². The Labute approximate surface area is 206 Å². The van der Waals surface area contributed by atoms with Crippen LogP contribution in [0.1, 0.15) is 31.8 Å². The largest absolute Gasteiger partial charge is 0.417 e. The first-order valence-electron chi connectivity index (χ1n) is 9.46. The van der Waals surface area contributed by atoms with E-state index in [1.807, 2.05) is 6.07 Å². The van der Waals surface area contributed by atoms with E-state index in [1.165, 1.54) is 30.3 Å². The first-order chi connectivity index (χ1) is 16.3. The van der Waals surface area contributed by atoms with Gasteiger partial charge in [-0.3, -0.25) is 14.3 Å². The van der Waals surface area contributed by atoms with Crippen LogP contribution >= 0.6 is 23.2 Å². The molecule has 0 fully saturated rings. The van der Waals surface area contributed by atoms with Gasteiger partial charge in [0.2, 0.25) is 0 Å². The van der Waals surface area contributed by atoms with Gasteiger partial charge in [-0.05, 0) is 48.5 Å². The third-order valence-corrected chi connectivity index (χ3v) is 7.03. The fourth-order valence-corrected chi connectivity index (χ4v) is 5.01. The van der Waals surface area contributed by atoms with Gasteiger partial charge >= 0.3 is 6.18 Å². The van der Waals surface area contributed by atoms with Gasteiger partial charge < -0.3 is 0 Å². The zero-order valence-corrected chi connectivity index (χ0v) is 19.3. The molecule has 0 saturated heterocycles. The summed E-state index contributed by atoms with van der Waals surface area (Å²) in [5.74, 6) is -1.80. The first-order valence-corrected chi connectivity index (χ1v) is 11.7. The summed E-state index contributed by atoms with van der Waals surface area (Å²) in [4.78, 5) is 26.2. The van der Waals surface area contributed by atoms with Crippen LogP contribution in [0, 0.1) is 11.3 Å². The molecule has 13 heteroatoms. The molecule has 3 aromatic carbocycles. The molecule has 3 aromatic rings. The Morgan fingerprint density at radius 1 is 0.914 bits per heavy atom. The number of rotatable bonds is 4.